The molecule has 0 fully saturated rings. The standard InChI is InChI=1S/C13H7BrN4O2/c14-6-1-2-8-7(5-6)9-10(20-8)13(19)18-12(17-9)11-15-3-4-16-11/h1-5H,(H,15,16)(H,17,18,19). The van der Waals surface area contributed by atoms with Crippen molar-refractivity contribution in [2.24, 2.45) is 0 Å². The molecule has 0 unspecified atom stereocenters. The number of benzene rings is 1. The van der Waals surface area contributed by atoms with E-state index in [9.17, 15) is 4.79 Å². The second-order valence-corrected chi connectivity index (χ2v) is 5.19. The van der Waals surface area contributed by atoms with Crippen LogP contribution in [0, 0.1) is 0 Å². The van der Waals surface area contributed by atoms with Gasteiger partial charge in [-0.1, -0.05) is 15.9 Å². The van der Waals surface area contributed by atoms with Crippen molar-refractivity contribution in [1.82, 2.24) is 19.9 Å². The zero-order valence-electron chi connectivity index (χ0n) is 9.98. The molecule has 20 heavy (non-hydrogen) atoms. The maximum Gasteiger partial charge on any atom is 0.294 e. The molecule has 0 aliphatic carbocycles. The van der Waals surface area contributed by atoms with Crippen LogP contribution in [0.5, 0.6) is 0 Å². The summed E-state index contributed by atoms with van der Waals surface area (Å²) in [6, 6.07) is 5.53. The normalized spacial score (nSPS) is 11.4. The van der Waals surface area contributed by atoms with Crippen LogP contribution in [0.3, 0.4) is 0 Å². The first-order valence-electron chi connectivity index (χ1n) is 5.84. The Labute approximate surface area is 120 Å². The van der Waals surface area contributed by atoms with E-state index in [1.165, 1.54) is 0 Å². The predicted molar refractivity (Wildman–Crippen MR) is 77.4 cm³/mol. The summed E-state index contributed by atoms with van der Waals surface area (Å²) in [5.74, 6) is 0.892. The summed E-state index contributed by atoms with van der Waals surface area (Å²) in [6.07, 6.45) is 3.27. The number of rotatable bonds is 1. The topological polar surface area (TPSA) is 87.6 Å². The highest BCUT2D eigenvalue weighted by Gasteiger charge is 2.15. The van der Waals surface area contributed by atoms with Crippen molar-refractivity contribution < 1.29 is 4.42 Å². The Kier molecular flexibility index (Phi) is 2.31. The summed E-state index contributed by atoms with van der Waals surface area (Å²) in [5, 5.41) is 0.785. The zero-order chi connectivity index (χ0) is 13.7. The van der Waals surface area contributed by atoms with Crippen molar-refractivity contribution in [3.63, 3.8) is 0 Å². The summed E-state index contributed by atoms with van der Waals surface area (Å²) in [5.41, 5.74) is 1.04. The molecule has 0 amide bonds. The van der Waals surface area contributed by atoms with Gasteiger partial charge in [-0.05, 0) is 18.2 Å². The molecule has 4 rings (SSSR count). The third-order valence-corrected chi connectivity index (χ3v) is 3.50. The number of hydrogen-bond donors (Lipinski definition) is 2. The zero-order valence-corrected chi connectivity index (χ0v) is 11.6. The van der Waals surface area contributed by atoms with E-state index in [4.69, 9.17) is 4.42 Å². The number of H-pyrrole nitrogens is 2. The average molecular weight is 331 g/mol. The van der Waals surface area contributed by atoms with Gasteiger partial charge in [0.05, 0.1) is 0 Å². The van der Waals surface area contributed by atoms with E-state index in [-0.39, 0.29) is 11.1 Å². The van der Waals surface area contributed by atoms with Crippen LogP contribution in [-0.2, 0) is 0 Å². The van der Waals surface area contributed by atoms with Crippen molar-refractivity contribution in [1.29, 1.82) is 0 Å². The quantitative estimate of drug-likeness (QED) is 0.561. The number of furan rings is 1. The van der Waals surface area contributed by atoms with Crippen LogP contribution >= 0.6 is 15.9 Å². The molecule has 3 heterocycles. The van der Waals surface area contributed by atoms with Crippen LogP contribution < -0.4 is 5.56 Å². The van der Waals surface area contributed by atoms with Gasteiger partial charge in [-0.25, -0.2) is 9.97 Å². The third-order valence-electron chi connectivity index (χ3n) is 3.01. The van der Waals surface area contributed by atoms with Gasteiger partial charge in [0.15, 0.2) is 11.6 Å². The molecule has 0 atom stereocenters. The summed E-state index contributed by atoms with van der Waals surface area (Å²) in [6.45, 7) is 0. The van der Waals surface area contributed by atoms with Gasteiger partial charge >= 0.3 is 0 Å². The Balaban J connectivity index is 2.14. The lowest BCUT2D eigenvalue weighted by Gasteiger charge is -1.96. The minimum absolute atomic E-state index is 0.216. The van der Waals surface area contributed by atoms with Gasteiger partial charge in [0.1, 0.15) is 11.1 Å². The van der Waals surface area contributed by atoms with Crippen LogP contribution in [0.4, 0.5) is 0 Å². The summed E-state index contributed by atoms with van der Waals surface area (Å²) < 4.78 is 6.45. The fourth-order valence-corrected chi connectivity index (χ4v) is 2.49. The van der Waals surface area contributed by atoms with E-state index in [2.05, 4.69) is 35.9 Å². The first-order chi connectivity index (χ1) is 9.72. The van der Waals surface area contributed by atoms with Crippen LogP contribution in [0.25, 0.3) is 33.7 Å². The van der Waals surface area contributed by atoms with Crippen molar-refractivity contribution >= 4 is 38.0 Å². The second-order valence-electron chi connectivity index (χ2n) is 4.27. The number of nitrogens with zero attached hydrogens (tertiary/aromatic N) is 2. The predicted octanol–water partition coefficient (Wildman–Crippen LogP) is 2.82. The number of nitrogens with one attached hydrogen (secondary N) is 2. The third kappa shape index (κ3) is 1.60. The number of aromatic amines is 2. The molecule has 0 saturated heterocycles. The molecule has 0 bridgehead atoms. The van der Waals surface area contributed by atoms with Crippen molar-refractivity contribution in [3.05, 3.63) is 45.4 Å². The lowest BCUT2D eigenvalue weighted by atomic mass is 10.2. The highest BCUT2D eigenvalue weighted by atomic mass is 79.9. The largest absolute Gasteiger partial charge is 0.449 e. The highest BCUT2D eigenvalue weighted by Crippen LogP contribution is 2.28. The van der Waals surface area contributed by atoms with Gasteiger partial charge in [-0.2, -0.15) is 0 Å². The molecule has 1 aromatic carbocycles. The molecule has 0 saturated carbocycles. The van der Waals surface area contributed by atoms with Gasteiger partial charge < -0.3 is 14.4 Å². The monoisotopic (exact) mass is 330 g/mol. The van der Waals surface area contributed by atoms with Crippen LogP contribution in [0.2, 0.25) is 0 Å². The lowest BCUT2D eigenvalue weighted by Crippen LogP contribution is -2.08. The minimum Gasteiger partial charge on any atom is -0.449 e. The van der Waals surface area contributed by atoms with Crippen LogP contribution in [0.15, 0.2) is 44.3 Å². The van der Waals surface area contributed by atoms with E-state index in [0.717, 1.165) is 9.86 Å². The molecule has 98 valence electrons. The maximum absolute atomic E-state index is 12.1. The Bertz CT molecular complexity index is 985. The minimum atomic E-state index is -0.325. The second kappa shape index (κ2) is 4.04. The smallest absolute Gasteiger partial charge is 0.294 e. The maximum atomic E-state index is 12.1. The molecule has 0 spiro atoms. The van der Waals surface area contributed by atoms with E-state index >= 15 is 0 Å². The van der Waals surface area contributed by atoms with E-state index in [1.807, 2.05) is 12.1 Å². The first-order valence-corrected chi connectivity index (χ1v) is 6.63. The number of aromatic nitrogens is 4. The molecular weight excluding hydrogens is 324 g/mol. The summed E-state index contributed by atoms with van der Waals surface area (Å²) >= 11 is 3.40. The Morgan fingerprint density at radius 2 is 2.15 bits per heavy atom. The first kappa shape index (κ1) is 11.4. The molecule has 0 aliphatic heterocycles. The fraction of sp³-hybridized carbons (Fsp3) is 0. The molecule has 7 heteroatoms. The number of hydrogen-bond acceptors (Lipinski definition) is 4. The summed E-state index contributed by atoms with van der Waals surface area (Å²) in [4.78, 5) is 26.2. The molecule has 6 nitrogen and oxygen atoms in total. The number of fused-ring (bicyclic) bond motifs is 3. The molecular formula is C13H7BrN4O2. The van der Waals surface area contributed by atoms with Crippen LogP contribution in [0.1, 0.15) is 0 Å². The van der Waals surface area contributed by atoms with Gasteiger partial charge in [0, 0.05) is 22.3 Å². The van der Waals surface area contributed by atoms with Gasteiger partial charge in [0.25, 0.3) is 5.56 Å². The van der Waals surface area contributed by atoms with E-state index in [0.29, 0.717) is 22.7 Å². The van der Waals surface area contributed by atoms with Crippen molar-refractivity contribution in [3.8, 4) is 11.6 Å². The van der Waals surface area contributed by atoms with E-state index < -0.39 is 0 Å². The van der Waals surface area contributed by atoms with E-state index in [1.54, 1.807) is 18.5 Å². The highest BCUT2D eigenvalue weighted by molar-refractivity contribution is 9.10. The average Bonchev–Trinajstić information content (AvgIpc) is 3.06. The number of imidazole rings is 1. The fourth-order valence-electron chi connectivity index (χ4n) is 2.13. The molecule has 2 N–H and O–H groups in total. The van der Waals surface area contributed by atoms with Gasteiger partial charge in [0.2, 0.25) is 5.58 Å². The Hall–Kier alpha value is -2.41. The lowest BCUT2D eigenvalue weighted by molar-refractivity contribution is 0.661. The SMILES string of the molecule is O=c1[nH]c(-c2ncc[nH]2)nc2c1oc1ccc(Br)cc12. The molecule has 0 aliphatic rings. The Morgan fingerprint density at radius 3 is 2.95 bits per heavy atom. The molecule has 3 aromatic heterocycles. The van der Waals surface area contributed by atoms with Gasteiger partial charge in [-0.15, -0.1) is 0 Å². The molecule has 0 radical (unpaired) electrons. The van der Waals surface area contributed by atoms with Crippen molar-refractivity contribution in [2.45, 2.75) is 0 Å². The molecule has 4 aromatic rings. The Morgan fingerprint density at radius 1 is 1.25 bits per heavy atom. The van der Waals surface area contributed by atoms with Gasteiger partial charge in [-0.3, -0.25) is 4.79 Å². The number of halogens is 1. The summed E-state index contributed by atoms with van der Waals surface area (Å²) in [7, 11) is 0. The van der Waals surface area contributed by atoms with Crippen molar-refractivity contribution in [2.75, 3.05) is 0 Å². The van der Waals surface area contributed by atoms with Crippen LogP contribution in [-0.4, -0.2) is 19.9 Å².